The summed E-state index contributed by atoms with van der Waals surface area (Å²) in [7, 11) is 0. The smallest absolute Gasteiger partial charge is 0.138 e. The minimum atomic E-state index is -0.0312. The fourth-order valence-corrected chi connectivity index (χ4v) is 7.25. The van der Waals surface area contributed by atoms with Crippen molar-refractivity contribution in [3.8, 4) is 39.3 Å². The molecular weight excluding hydrogens is 460 g/mol. The van der Waals surface area contributed by atoms with Crippen LogP contribution < -0.4 is 0 Å². The van der Waals surface area contributed by atoms with Gasteiger partial charge in [-0.1, -0.05) is 98.8 Å². The zero-order chi connectivity index (χ0) is 25.2. The van der Waals surface area contributed by atoms with Crippen LogP contribution >= 0.6 is 0 Å². The molecule has 2 aliphatic carbocycles. The van der Waals surface area contributed by atoms with E-state index in [1.807, 2.05) is 0 Å². The Kier molecular flexibility index (Phi) is 3.64. The summed E-state index contributed by atoms with van der Waals surface area (Å²) in [4.78, 5) is 5.19. The molecule has 2 aliphatic rings. The maximum absolute atomic E-state index is 5.19. The van der Waals surface area contributed by atoms with Gasteiger partial charge in [-0.3, -0.25) is 4.57 Å². The first-order valence-corrected chi connectivity index (χ1v) is 13.3. The molecule has 0 atom stereocenters. The quantitative estimate of drug-likeness (QED) is 0.239. The van der Waals surface area contributed by atoms with Crippen LogP contribution in [-0.2, 0) is 5.41 Å². The fraction of sp³-hybridized carbons (Fsp3) is 0.0833. The van der Waals surface area contributed by atoms with Gasteiger partial charge < -0.3 is 0 Å². The van der Waals surface area contributed by atoms with Crippen molar-refractivity contribution in [2.45, 2.75) is 19.3 Å². The first-order chi connectivity index (χ1) is 18.6. The number of fused-ring (bicyclic) bond motifs is 1. The normalized spacial score (nSPS) is 14.3. The van der Waals surface area contributed by atoms with Crippen molar-refractivity contribution in [1.29, 1.82) is 0 Å². The maximum Gasteiger partial charge on any atom is 0.138 e. The van der Waals surface area contributed by atoms with E-state index in [0.29, 0.717) is 0 Å². The van der Waals surface area contributed by atoms with Crippen LogP contribution in [0.2, 0.25) is 0 Å². The highest BCUT2D eigenvalue weighted by molar-refractivity contribution is 6.31. The predicted octanol–water partition coefficient (Wildman–Crippen LogP) is 9.29. The first-order valence-electron chi connectivity index (χ1n) is 13.3. The number of rotatable bonds is 2. The SMILES string of the molecule is CC1(C)c2cccc3c2-c2c1ccc1ccc4c(c21)c1c-3cccc1n4-c1cccc(-c2ccccc2)n1. The molecule has 0 spiro atoms. The third-order valence-corrected chi connectivity index (χ3v) is 8.92. The lowest BCUT2D eigenvalue weighted by atomic mass is 9.81. The molecule has 2 aromatic heterocycles. The summed E-state index contributed by atoms with van der Waals surface area (Å²) in [6.07, 6.45) is 0. The number of hydrogen-bond donors (Lipinski definition) is 0. The largest absolute Gasteiger partial charge is 0.294 e. The van der Waals surface area contributed by atoms with Gasteiger partial charge in [0.25, 0.3) is 0 Å². The number of aromatic nitrogens is 2. The molecule has 38 heavy (non-hydrogen) atoms. The molecule has 5 aromatic carbocycles. The number of benzene rings is 5. The molecule has 0 N–H and O–H groups in total. The topological polar surface area (TPSA) is 17.8 Å². The van der Waals surface area contributed by atoms with E-state index >= 15 is 0 Å². The number of nitrogens with zero attached hydrogens (tertiary/aromatic N) is 2. The molecule has 178 valence electrons. The summed E-state index contributed by atoms with van der Waals surface area (Å²) in [6, 6.07) is 39.8. The van der Waals surface area contributed by atoms with Crippen molar-refractivity contribution >= 4 is 32.6 Å². The molecule has 9 rings (SSSR count). The lowest BCUT2D eigenvalue weighted by Crippen LogP contribution is -2.14. The molecular formula is C36H24N2. The Hall–Kier alpha value is -4.69. The molecule has 0 unspecified atom stereocenters. The molecule has 0 saturated heterocycles. The molecule has 2 heterocycles. The second-order valence-corrected chi connectivity index (χ2v) is 11.2. The van der Waals surface area contributed by atoms with Crippen molar-refractivity contribution in [2.24, 2.45) is 0 Å². The van der Waals surface area contributed by atoms with Crippen LogP contribution in [0.3, 0.4) is 0 Å². The van der Waals surface area contributed by atoms with Crippen molar-refractivity contribution in [3.63, 3.8) is 0 Å². The Morgan fingerprint density at radius 2 is 1.29 bits per heavy atom. The van der Waals surface area contributed by atoms with Gasteiger partial charge in [0, 0.05) is 21.8 Å². The summed E-state index contributed by atoms with van der Waals surface area (Å²) < 4.78 is 2.37. The zero-order valence-corrected chi connectivity index (χ0v) is 21.3. The van der Waals surface area contributed by atoms with E-state index in [-0.39, 0.29) is 5.41 Å². The van der Waals surface area contributed by atoms with Gasteiger partial charge in [0.15, 0.2) is 0 Å². The maximum atomic E-state index is 5.19. The first kappa shape index (κ1) is 20.4. The van der Waals surface area contributed by atoms with Gasteiger partial charge in [-0.2, -0.15) is 0 Å². The van der Waals surface area contributed by atoms with Crippen LogP contribution in [0, 0.1) is 0 Å². The molecule has 2 heteroatoms. The van der Waals surface area contributed by atoms with E-state index in [0.717, 1.165) is 17.1 Å². The van der Waals surface area contributed by atoms with Gasteiger partial charge >= 0.3 is 0 Å². The van der Waals surface area contributed by atoms with Crippen LogP contribution in [0.1, 0.15) is 25.0 Å². The summed E-state index contributed by atoms with van der Waals surface area (Å²) in [5, 5.41) is 5.36. The Bertz CT molecular complexity index is 2140. The minimum absolute atomic E-state index is 0.0312. The fourth-order valence-electron chi connectivity index (χ4n) is 7.25. The van der Waals surface area contributed by atoms with Crippen molar-refractivity contribution < 1.29 is 0 Å². The summed E-state index contributed by atoms with van der Waals surface area (Å²) in [5.41, 5.74) is 12.9. The van der Waals surface area contributed by atoms with Crippen molar-refractivity contribution in [3.05, 3.63) is 120 Å². The lowest BCUT2D eigenvalue weighted by molar-refractivity contribution is 0.661. The second-order valence-electron chi connectivity index (χ2n) is 11.2. The summed E-state index contributed by atoms with van der Waals surface area (Å²) in [5.74, 6) is 0.949. The van der Waals surface area contributed by atoms with Crippen LogP contribution in [0.25, 0.3) is 71.9 Å². The molecule has 0 amide bonds. The Morgan fingerprint density at radius 1 is 0.553 bits per heavy atom. The molecule has 2 nitrogen and oxygen atoms in total. The molecule has 0 bridgehead atoms. The van der Waals surface area contributed by atoms with Gasteiger partial charge in [-0.15, -0.1) is 0 Å². The van der Waals surface area contributed by atoms with Crippen LogP contribution in [0.5, 0.6) is 0 Å². The van der Waals surface area contributed by atoms with Crippen molar-refractivity contribution in [2.75, 3.05) is 0 Å². The molecule has 7 aromatic rings. The van der Waals surface area contributed by atoms with Crippen LogP contribution in [-0.4, -0.2) is 9.55 Å². The van der Waals surface area contributed by atoms with Gasteiger partial charge in [0.2, 0.25) is 0 Å². The highest BCUT2D eigenvalue weighted by Crippen LogP contribution is 2.58. The zero-order valence-electron chi connectivity index (χ0n) is 21.3. The monoisotopic (exact) mass is 484 g/mol. The molecule has 0 aliphatic heterocycles. The summed E-state index contributed by atoms with van der Waals surface area (Å²) >= 11 is 0. The van der Waals surface area contributed by atoms with E-state index < -0.39 is 0 Å². The van der Waals surface area contributed by atoms with Gasteiger partial charge in [0.1, 0.15) is 5.82 Å². The van der Waals surface area contributed by atoms with Gasteiger partial charge in [-0.05, 0) is 68.4 Å². The average molecular weight is 485 g/mol. The highest BCUT2D eigenvalue weighted by Gasteiger charge is 2.40. The number of hydrogen-bond acceptors (Lipinski definition) is 1. The molecule has 0 radical (unpaired) electrons. The lowest BCUT2D eigenvalue weighted by Gasteiger charge is -2.22. The van der Waals surface area contributed by atoms with Gasteiger partial charge in [-0.25, -0.2) is 4.98 Å². The third kappa shape index (κ3) is 2.32. The van der Waals surface area contributed by atoms with Gasteiger partial charge in [0.05, 0.1) is 16.7 Å². The van der Waals surface area contributed by atoms with Crippen molar-refractivity contribution in [1.82, 2.24) is 9.55 Å². The van der Waals surface area contributed by atoms with Crippen LogP contribution in [0.15, 0.2) is 109 Å². The van der Waals surface area contributed by atoms with E-state index in [2.05, 4.69) is 128 Å². The number of pyridine rings is 1. The second kappa shape index (κ2) is 6.79. The summed E-state index contributed by atoms with van der Waals surface area (Å²) in [6.45, 7) is 4.75. The Morgan fingerprint density at radius 3 is 2.18 bits per heavy atom. The van der Waals surface area contributed by atoms with E-state index in [1.165, 1.54) is 66.0 Å². The van der Waals surface area contributed by atoms with E-state index in [1.54, 1.807) is 0 Å². The standard InChI is InChI=1S/C36H24N2/c1-36(2)25-13-6-11-23-24-12-7-15-28-33(24)35-29(20-18-22-17-19-26(36)34(31(22)35)32(23)25)38(28)30-16-8-14-27(37-30)21-9-4-3-5-10-21/h3-20H,1-2H3. The van der Waals surface area contributed by atoms with E-state index in [4.69, 9.17) is 4.98 Å². The van der Waals surface area contributed by atoms with Crippen LogP contribution in [0.4, 0.5) is 0 Å². The highest BCUT2D eigenvalue weighted by atomic mass is 15.1. The molecule has 0 fully saturated rings. The Balaban J connectivity index is 1.49. The molecule has 0 saturated carbocycles. The van der Waals surface area contributed by atoms with E-state index in [9.17, 15) is 0 Å². The minimum Gasteiger partial charge on any atom is -0.294 e. The third-order valence-electron chi connectivity index (χ3n) is 8.92. The Labute approximate surface area is 220 Å². The average Bonchev–Trinajstić information content (AvgIpc) is 3.37. The predicted molar refractivity (Wildman–Crippen MR) is 158 cm³/mol.